The predicted molar refractivity (Wildman–Crippen MR) is 115 cm³/mol. The van der Waals surface area contributed by atoms with E-state index in [4.69, 9.17) is 14.6 Å². The number of hydrogen-bond acceptors (Lipinski definition) is 6. The summed E-state index contributed by atoms with van der Waals surface area (Å²) in [6.07, 6.45) is 1.74. The van der Waals surface area contributed by atoms with E-state index in [1.165, 1.54) is 30.5 Å². The molecule has 0 fully saturated rings. The van der Waals surface area contributed by atoms with E-state index in [2.05, 4.69) is 15.3 Å². The Bertz CT molecular complexity index is 1040. The summed E-state index contributed by atoms with van der Waals surface area (Å²) in [6.45, 7) is 4.11. The Hall–Kier alpha value is -3.94. The van der Waals surface area contributed by atoms with Crippen LogP contribution in [0.15, 0.2) is 60.8 Å². The van der Waals surface area contributed by atoms with Crippen molar-refractivity contribution in [3.05, 3.63) is 77.5 Å². The van der Waals surface area contributed by atoms with Gasteiger partial charge in [-0.1, -0.05) is 30.3 Å². The third kappa shape index (κ3) is 6.53. The molecule has 0 aliphatic rings. The number of aromatic nitrogens is 2. The van der Waals surface area contributed by atoms with E-state index in [0.717, 1.165) is 5.56 Å². The average Bonchev–Trinajstić information content (AvgIpc) is 2.74. The zero-order valence-electron chi connectivity index (χ0n) is 17.2. The number of nitrogens with one attached hydrogen (secondary N) is 1. The molecule has 31 heavy (non-hydrogen) atoms. The summed E-state index contributed by atoms with van der Waals surface area (Å²) in [5, 5.41) is 11.6. The standard InChI is InChI=1S/C23H23N3O5/c1-15(2)31-21-13-18(22(27)25-19-9-8-17(14-24-19)23(28)29)12-20(26-21)30-11-10-16-6-4-3-5-7-16/h3-9,12-15H,10-11H2,1-2H3,(H,28,29)(H,24,25,27). The SMILES string of the molecule is CC(C)Oc1cc(C(=O)Nc2ccc(C(=O)O)cn2)cc(OCCc2ccccc2)n1. The molecular weight excluding hydrogens is 398 g/mol. The monoisotopic (exact) mass is 421 g/mol. The summed E-state index contributed by atoms with van der Waals surface area (Å²) in [7, 11) is 0. The molecule has 3 aromatic rings. The van der Waals surface area contributed by atoms with Gasteiger partial charge in [0.25, 0.3) is 5.91 Å². The number of aromatic carboxylic acids is 1. The van der Waals surface area contributed by atoms with Crippen molar-refractivity contribution >= 4 is 17.7 Å². The van der Waals surface area contributed by atoms with E-state index in [0.29, 0.717) is 13.0 Å². The molecule has 2 N–H and O–H groups in total. The van der Waals surface area contributed by atoms with Crippen LogP contribution >= 0.6 is 0 Å². The molecule has 0 spiro atoms. The largest absolute Gasteiger partial charge is 0.478 e. The Morgan fingerprint density at radius 2 is 1.77 bits per heavy atom. The lowest BCUT2D eigenvalue weighted by Gasteiger charge is -2.13. The van der Waals surface area contributed by atoms with Crippen LogP contribution in [0, 0.1) is 0 Å². The number of anilines is 1. The summed E-state index contributed by atoms with van der Waals surface area (Å²) in [6, 6.07) is 15.7. The second-order valence-corrected chi connectivity index (χ2v) is 6.97. The molecule has 3 rings (SSSR count). The number of ether oxygens (including phenoxy) is 2. The van der Waals surface area contributed by atoms with Crippen LogP contribution in [0.3, 0.4) is 0 Å². The fraction of sp³-hybridized carbons (Fsp3) is 0.217. The predicted octanol–water partition coefficient (Wildman–Crippen LogP) is 3.84. The molecule has 8 nitrogen and oxygen atoms in total. The second-order valence-electron chi connectivity index (χ2n) is 6.97. The Morgan fingerprint density at radius 1 is 1.03 bits per heavy atom. The van der Waals surface area contributed by atoms with Gasteiger partial charge in [-0.15, -0.1) is 0 Å². The lowest BCUT2D eigenvalue weighted by Crippen LogP contribution is -2.15. The minimum absolute atomic E-state index is 0.0311. The molecule has 160 valence electrons. The Balaban J connectivity index is 1.73. The zero-order chi connectivity index (χ0) is 22.2. The molecule has 0 bridgehead atoms. The maximum absolute atomic E-state index is 12.7. The number of carbonyl (C=O) groups is 2. The van der Waals surface area contributed by atoms with Gasteiger partial charge in [0.1, 0.15) is 5.82 Å². The van der Waals surface area contributed by atoms with Gasteiger partial charge in [-0.3, -0.25) is 4.79 Å². The zero-order valence-corrected chi connectivity index (χ0v) is 17.2. The summed E-state index contributed by atoms with van der Waals surface area (Å²) in [4.78, 5) is 31.9. The Labute approximate surface area is 179 Å². The van der Waals surface area contributed by atoms with Crippen LogP contribution in [0.2, 0.25) is 0 Å². The van der Waals surface area contributed by atoms with Crippen LogP contribution in [0.1, 0.15) is 40.1 Å². The van der Waals surface area contributed by atoms with E-state index < -0.39 is 11.9 Å². The summed E-state index contributed by atoms with van der Waals surface area (Å²) >= 11 is 0. The molecule has 1 amide bonds. The second kappa shape index (κ2) is 10.2. The van der Waals surface area contributed by atoms with Crippen molar-refractivity contribution in [3.8, 4) is 11.8 Å². The number of carbonyl (C=O) groups excluding carboxylic acids is 1. The first-order valence-electron chi connectivity index (χ1n) is 9.77. The molecule has 0 saturated carbocycles. The highest BCUT2D eigenvalue weighted by molar-refractivity contribution is 6.04. The number of rotatable bonds is 9. The van der Waals surface area contributed by atoms with E-state index in [9.17, 15) is 9.59 Å². The highest BCUT2D eigenvalue weighted by atomic mass is 16.5. The fourth-order valence-electron chi connectivity index (χ4n) is 2.69. The highest BCUT2D eigenvalue weighted by Crippen LogP contribution is 2.20. The third-order valence-corrected chi connectivity index (χ3v) is 4.13. The quantitative estimate of drug-likeness (QED) is 0.540. The number of carboxylic acid groups (broad SMARTS) is 1. The van der Waals surface area contributed by atoms with E-state index >= 15 is 0 Å². The topological polar surface area (TPSA) is 111 Å². The summed E-state index contributed by atoms with van der Waals surface area (Å²) in [5.74, 6) is -0.767. The first-order valence-corrected chi connectivity index (χ1v) is 9.77. The van der Waals surface area contributed by atoms with E-state index in [-0.39, 0.29) is 34.8 Å². The molecule has 0 atom stereocenters. The summed E-state index contributed by atoms with van der Waals surface area (Å²) < 4.78 is 11.4. The number of pyridine rings is 2. The van der Waals surface area contributed by atoms with Crippen LogP contribution in [-0.2, 0) is 6.42 Å². The van der Waals surface area contributed by atoms with Crippen LogP contribution in [-0.4, -0.2) is 39.7 Å². The van der Waals surface area contributed by atoms with Crippen molar-refractivity contribution < 1.29 is 24.2 Å². The average molecular weight is 421 g/mol. The molecule has 0 radical (unpaired) electrons. The third-order valence-electron chi connectivity index (χ3n) is 4.13. The van der Waals surface area contributed by atoms with Crippen molar-refractivity contribution in [2.75, 3.05) is 11.9 Å². The number of nitrogens with zero attached hydrogens (tertiary/aromatic N) is 2. The van der Waals surface area contributed by atoms with Gasteiger partial charge in [0.05, 0.1) is 23.8 Å². The van der Waals surface area contributed by atoms with Crippen LogP contribution < -0.4 is 14.8 Å². The van der Waals surface area contributed by atoms with Gasteiger partial charge in [-0.05, 0) is 31.5 Å². The number of benzene rings is 1. The Morgan fingerprint density at radius 3 is 2.42 bits per heavy atom. The van der Waals surface area contributed by atoms with Crippen molar-refractivity contribution in [1.82, 2.24) is 9.97 Å². The number of hydrogen-bond donors (Lipinski definition) is 2. The smallest absolute Gasteiger partial charge is 0.337 e. The molecule has 8 heteroatoms. The van der Waals surface area contributed by atoms with Crippen molar-refractivity contribution in [3.63, 3.8) is 0 Å². The van der Waals surface area contributed by atoms with Gasteiger partial charge < -0.3 is 19.9 Å². The minimum Gasteiger partial charge on any atom is -0.478 e. The van der Waals surface area contributed by atoms with Crippen molar-refractivity contribution in [1.29, 1.82) is 0 Å². The van der Waals surface area contributed by atoms with Crippen LogP contribution in [0.5, 0.6) is 11.8 Å². The van der Waals surface area contributed by atoms with Gasteiger partial charge in [0, 0.05) is 24.8 Å². The molecule has 0 aliphatic heterocycles. The normalized spacial score (nSPS) is 10.5. The Kier molecular flexibility index (Phi) is 7.16. The molecule has 2 aromatic heterocycles. The van der Waals surface area contributed by atoms with E-state index in [1.54, 1.807) is 0 Å². The van der Waals surface area contributed by atoms with Gasteiger partial charge in [0.2, 0.25) is 11.8 Å². The molecule has 2 heterocycles. The first kappa shape index (κ1) is 21.8. The molecular formula is C23H23N3O5. The summed E-state index contributed by atoms with van der Waals surface area (Å²) in [5.41, 5.74) is 1.44. The maximum atomic E-state index is 12.7. The van der Waals surface area contributed by atoms with Crippen molar-refractivity contribution in [2.45, 2.75) is 26.4 Å². The first-order chi connectivity index (χ1) is 14.9. The number of carboxylic acids is 1. The fourth-order valence-corrected chi connectivity index (χ4v) is 2.69. The molecule has 0 saturated heterocycles. The minimum atomic E-state index is -1.09. The number of amides is 1. The van der Waals surface area contributed by atoms with Gasteiger partial charge >= 0.3 is 5.97 Å². The van der Waals surface area contributed by atoms with Gasteiger partial charge in [-0.2, -0.15) is 4.98 Å². The van der Waals surface area contributed by atoms with Crippen LogP contribution in [0.4, 0.5) is 5.82 Å². The lowest BCUT2D eigenvalue weighted by atomic mass is 10.2. The van der Waals surface area contributed by atoms with Crippen molar-refractivity contribution in [2.24, 2.45) is 0 Å². The van der Waals surface area contributed by atoms with Gasteiger partial charge in [-0.25, -0.2) is 9.78 Å². The van der Waals surface area contributed by atoms with Gasteiger partial charge in [0.15, 0.2) is 0 Å². The maximum Gasteiger partial charge on any atom is 0.337 e. The highest BCUT2D eigenvalue weighted by Gasteiger charge is 2.14. The molecule has 0 aliphatic carbocycles. The lowest BCUT2D eigenvalue weighted by molar-refractivity contribution is 0.0696. The van der Waals surface area contributed by atoms with Crippen LogP contribution in [0.25, 0.3) is 0 Å². The van der Waals surface area contributed by atoms with E-state index in [1.807, 2.05) is 44.2 Å². The molecule has 1 aromatic carbocycles. The molecule has 0 unspecified atom stereocenters.